The molecular weight excluding hydrogens is 367 g/mol. The summed E-state index contributed by atoms with van der Waals surface area (Å²) >= 11 is 0. The number of halogens is 1. The molecule has 152 valence electrons. The number of nitrogens with zero attached hydrogens (tertiary/aromatic N) is 2. The number of aromatic amines is 1. The van der Waals surface area contributed by atoms with E-state index in [2.05, 4.69) is 39.3 Å². The number of nitrogens with one attached hydrogen (secondary N) is 2. The molecule has 2 N–H and O–H groups in total. The summed E-state index contributed by atoms with van der Waals surface area (Å²) in [6, 6.07) is 12.6. The summed E-state index contributed by atoms with van der Waals surface area (Å²) in [6.07, 6.45) is 1.79. The lowest BCUT2D eigenvalue weighted by atomic mass is 9.83. The first-order chi connectivity index (χ1) is 13.8. The number of amides is 1. The Morgan fingerprint density at radius 1 is 1.07 bits per heavy atom. The van der Waals surface area contributed by atoms with Gasteiger partial charge in [0.1, 0.15) is 5.82 Å². The second-order valence-electron chi connectivity index (χ2n) is 8.31. The molecule has 1 amide bonds. The maximum atomic E-state index is 13.7. The maximum absolute atomic E-state index is 13.7. The molecule has 0 atom stereocenters. The van der Waals surface area contributed by atoms with Gasteiger partial charge in [-0.15, -0.1) is 0 Å². The molecule has 29 heavy (non-hydrogen) atoms. The van der Waals surface area contributed by atoms with E-state index in [-0.39, 0.29) is 11.7 Å². The van der Waals surface area contributed by atoms with Gasteiger partial charge in [-0.3, -0.25) is 4.79 Å². The molecule has 1 fully saturated rings. The van der Waals surface area contributed by atoms with Gasteiger partial charge in [0, 0.05) is 54.7 Å². The van der Waals surface area contributed by atoms with Crippen LogP contribution in [0.5, 0.6) is 0 Å². The zero-order chi connectivity index (χ0) is 20.6. The van der Waals surface area contributed by atoms with Gasteiger partial charge in [0.05, 0.1) is 5.41 Å². The second-order valence-corrected chi connectivity index (χ2v) is 8.31. The third-order valence-electron chi connectivity index (χ3n) is 5.88. The van der Waals surface area contributed by atoms with Crippen LogP contribution in [-0.2, 0) is 10.2 Å². The van der Waals surface area contributed by atoms with Crippen LogP contribution in [0.2, 0.25) is 0 Å². The number of aromatic nitrogens is 1. The minimum atomic E-state index is -0.817. The van der Waals surface area contributed by atoms with E-state index in [1.165, 1.54) is 17.8 Å². The van der Waals surface area contributed by atoms with Crippen LogP contribution in [0.1, 0.15) is 19.4 Å². The number of hydrogen-bond acceptors (Lipinski definition) is 3. The molecule has 0 aliphatic carbocycles. The standard InChI is InChI=1S/C23H27FN4O/c1-23(2,20-15-25-21-9-4-16(24)14-19(20)21)22(29)26-17-5-7-18(8-6-17)28-12-10-27(3)11-13-28/h4-9,14-15,25H,10-13H2,1-3H3,(H,26,29). The molecule has 0 radical (unpaired) electrons. The van der Waals surface area contributed by atoms with Gasteiger partial charge in [0.2, 0.25) is 5.91 Å². The van der Waals surface area contributed by atoms with Crippen molar-refractivity contribution in [3.8, 4) is 0 Å². The smallest absolute Gasteiger partial charge is 0.234 e. The van der Waals surface area contributed by atoms with Crippen LogP contribution < -0.4 is 10.2 Å². The van der Waals surface area contributed by atoms with Crippen molar-refractivity contribution in [2.24, 2.45) is 0 Å². The number of rotatable bonds is 4. The van der Waals surface area contributed by atoms with Gasteiger partial charge in [0.25, 0.3) is 0 Å². The number of piperazine rings is 1. The summed E-state index contributed by atoms with van der Waals surface area (Å²) in [5.74, 6) is -0.441. The van der Waals surface area contributed by atoms with E-state index in [1.54, 1.807) is 12.3 Å². The first-order valence-electron chi connectivity index (χ1n) is 9.97. The summed E-state index contributed by atoms with van der Waals surface area (Å²) in [5.41, 5.74) is 2.70. The first kappa shape index (κ1) is 19.5. The quantitative estimate of drug-likeness (QED) is 0.704. The minimum absolute atomic E-state index is 0.130. The third kappa shape index (κ3) is 3.85. The Labute approximate surface area is 170 Å². The van der Waals surface area contributed by atoms with Crippen LogP contribution in [0.3, 0.4) is 0 Å². The fourth-order valence-corrected chi connectivity index (χ4v) is 3.84. The number of hydrogen-bond donors (Lipinski definition) is 2. The van der Waals surface area contributed by atoms with Crippen LogP contribution in [0, 0.1) is 5.82 Å². The maximum Gasteiger partial charge on any atom is 0.234 e. The highest BCUT2D eigenvalue weighted by molar-refractivity contribution is 6.02. The van der Waals surface area contributed by atoms with Crippen LogP contribution in [0.15, 0.2) is 48.7 Å². The van der Waals surface area contributed by atoms with Crippen LogP contribution >= 0.6 is 0 Å². The lowest BCUT2D eigenvalue weighted by molar-refractivity contribution is -0.120. The molecule has 0 spiro atoms. The summed E-state index contributed by atoms with van der Waals surface area (Å²) in [7, 11) is 2.14. The Hall–Kier alpha value is -2.86. The zero-order valence-electron chi connectivity index (χ0n) is 17.1. The fraction of sp³-hybridized carbons (Fsp3) is 0.348. The predicted octanol–water partition coefficient (Wildman–Crippen LogP) is 3.98. The molecule has 1 saturated heterocycles. The lowest BCUT2D eigenvalue weighted by Crippen LogP contribution is -2.44. The molecule has 0 bridgehead atoms. The number of fused-ring (bicyclic) bond motifs is 1. The van der Waals surface area contributed by atoms with Crippen molar-refractivity contribution in [2.45, 2.75) is 19.3 Å². The van der Waals surface area contributed by atoms with Gasteiger partial charge in [-0.2, -0.15) is 0 Å². The zero-order valence-corrected chi connectivity index (χ0v) is 17.1. The fourth-order valence-electron chi connectivity index (χ4n) is 3.84. The Kier molecular flexibility index (Phi) is 5.04. The molecule has 6 heteroatoms. The van der Waals surface area contributed by atoms with Crippen molar-refractivity contribution < 1.29 is 9.18 Å². The molecular formula is C23H27FN4O. The minimum Gasteiger partial charge on any atom is -0.369 e. The van der Waals surface area contributed by atoms with Gasteiger partial charge < -0.3 is 20.1 Å². The second kappa shape index (κ2) is 7.52. The van der Waals surface area contributed by atoms with E-state index in [4.69, 9.17) is 0 Å². The lowest BCUT2D eigenvalue weighted by Gasteiger charge is -2.34. The van der Waals surface area contributed by atoms with Crippen molar-refractivity contribution in [1.29, 1.82) is 0 Å². The SMILES string of the molecule is CN1CCN(c2ccc(NC(=O)C(C)(C)c3c[nH]c4ccc(F)cc34)cc2)CC1. The van der Waals surface area contributed by atoms with Gasteiger partial charge >= 0.3 is 0 Å². The summed E-state index contributed by atoms with van der Waals surface area (Å²) in [5, 5.41) is 3.75. The Bertz CT molecular complexity index is 1020. The van der Waals surface area contributed by atoms with E-state index >= 15 is 0 Å². The molecule has 0 unspecified atom stereocenters. The van der Waals surface area contributed by atoms with Crippen LogP contribution in [0.25, 0.3) is 10.9 Å². The summed E-state index contributed by atoms with van der Waals surface area (Å²) < 4.78 is 13.7. The molecule has 1 aromatic heterocycles. The van der Waals surface area contributed by atoms with Crippen molar-refractivity contribution >= 4 is 28.2 Å². The van der Waals surface area contributed by atoms with Gasteiger partial charge in [-0.05, 0) is 68.9 Å². The van der Waals surface area contributed by atoms with Gasteiger partial charge in [0.15, 0.2) is 0 Å². The van der Waals surface area contributed by atoms with Crippen molar-refractivity contribution in [1.82, 2.24) is 9.88 Å². The van der Waals surface area contributed by atoms with Gasteiger partial charge in [-0.1, -0.05) is 0 Å². The summed E-state index contributed by atoms with van der Waals surface area (Å²) in [6.45, 7) is 7.83. The Morgan fingerprint density at radius 2 is 1.76 bits per heavy atom. The topological polar surface area (TPSA) is 51.4 Å². The molecule has 1 aliphatic rings. The van der Waals surface area contributed by atoms with Crippen molar-refractivity contribution in [3.05, 3.63) is 60.0 Å². The summed E-state index contributed by atoms with van der Waals surface area (Å²) in [4.78, 5) is 20.9. The molecule has 0 saturated carbocycles. The number of H-pyrrole nitrogens is 1. The highest BCUT2D eigenvalue weighted by Gasteiger charge is 2.32. The van der Waals surface area contributed by atoms with E-state index in [9.17, 15) is 9.18 Å². The Morgan fingerprint density at radius 3 is 2.45 bits per heavy atom. The molecule has 4 rings (SSSR count). The highest BCUT2D eigenvalue weighted by Crippen LogP contribution is 2.32. The predicted molar refractivity (Wildman–Crippen MR) is 116 cm³/mol. The van der Waals surface area contributed by atoms with Crippen LogP contribution in [0.4, 0.5) is 15.8 Å². The molecule has 2 heterocycles. The largest absolute Gasteiger partial charge is 0.369 e. The van der Waals surface area contributed by atoms with Crippen molar-refractivity contribution in [2.75, 3.05) is 43.4 Å². The molecule has 5 nitrogen and oxygen atoms in total. The normalized spacial score (nSPS) is 15.7. The Balaban J connectivity index is 1.50. The van der Waals surface area contributed by atoms with E-state index in [1.807, 2.05) is 26.0 Å². The van der Waals surface area contributed by atoms with Crippen LogP contribution in [-0.4, -0.2) is 49.0 Å². The van der Waals surface area contributed by atoms with Crippen molar-refractivity contribution in [3.63, 3.8) is 0 Å². The average molecular weight is 394 g/mol. The van der Waals surface area contributed by atoms with E-state index in [0.717, 1.165) is 48.3 Å². The molecule has 1 aliphatic heterocycles. The number of likely N-dealkylation sites (N-methyl/N-ethyl adjacent to an activating group) is 1. The highest BCUT2D eigenvalue weighted by atomic mass is 19.1. The number of carbonyl (C=O) groups excluding carboxylic acids is 1. The monoisotopic (exact) mass is 394 g/mol. The third-order valence-corrected chi connectivity index (χ3v) is 5.88. The number of anilines is 2. The average Bonchev–Trinajstić information content (AvgIpc) is 3.13. The molecule has 3 aromatic rings. The van der Waals surface area contributed by atoms with E-state index in [0.29, 0.717) is 0 Å². The first-order valence-corrected chi connectivity index (χ1v) is 9.97. The molecule has 2 aromatic carbocycles. The number of benzene rings is 2. The van der Waals surface area contributed by atoms with Gasteiger partial charge in [-0.25, -0.2) is 4.39 Å². The number of carbonyl (C=O) groups is 1. The van der Waals surface area contributed by atoms with E-state index < -0.39 is 5.41 Å².